The fourth-order valence-electron chi connectivity index (χ4n) is 4.00. The Morgan fingerprint density at radius 1 is 1.21 bits per heavy atom. The molecule has 0 aliphatic rings. The summed E-state index contributed by atoms with van der Waals surface area (Å²) in [5.41, 5.74) is 3.45. The molecule has 33 heavy (non-hydrogen) atoms. The predicted octanol–water partition coefficient (Wildman–Crippen LogP) is 2.17. The van der Waals surface area contributed by atoms with Crippen molar-refractivity contribution in [1.29, 1.82) is 0 Å². The molecule has 6 aromatic rings. The summed E-state index contributed by atoms with van der Waals surface area (Å²) in [6.07, 6.45) is 5.25. The number of nitrogens with one attached hydrogen (secondary N) is 3. The Bertz CT molecular complexity index is 1700. The summed E-state index contributed by atoms with van der Waals surface area (Å²) < 4.78 is 4.00. The van der Waals surface area contributed by atoms with Crippen LogP contribution < -0.4 is 10.9 Å². The van der Waals surface area contributed by atoms with Crippen LogP contribution in [0.25, 0.3) is 32.2 Å². The molecule has 5 heterocycles. The fraction of sp³-hybridized carbons (Fsp3) is 0.143. The van der Waals surface area contributed by atoms with E-state index in [1.54, 1.807) is 36.3 Å². The van der Waals surface area contributed by atoms with Gasteiger partial charge in [-0.1, -0.05) is 23.5 Å². The van der Waals surface area contributed by atoms with Crippen molar-refractivity contribution < 1.29 is 4.79 Å². The van der Waals surface area contributed by atoms with Gasteiger partial charge in [-0.15, -0.1) is 0 Å². The van der Waals surface area contributed by atoms with Crippen LogP contribution in [0.5, 0.6) is 0 Å². The molecule has 0 saturated heterocycles. The van der Waals surface area contributed by atoms with Gasteiger partial charge >= 0.3 is 0 Å². The fourth-order valence-corrected chi connectivity index (χ4v) is 5.03. The summed E-state index contributed by atoms with van der Waals surface area (Å²) in [6.45, 7) is 0.326. The highest BCUT2D eigenvalue weighted by molar-refractivity contribution is 7.23. The highest BCUT2D eigenvalue weighted by Gasteiger charge is 2.19. The maximum atomic E-state index is 13.3. The molecule has 0 spiro atoms. The normalized spacial score (nSPS) is 11.7. The van der Waals surface area contributed by atoms with E-state index in [0.29, 0.717) is 33.9 Å². The Morgan fingerprint density at radius 2 is 2.12 bits per heavy atom. The lowest BCUT2D eigenvalue weighted by Crippen LogP contribution is -2.24. The number of rotatable bonds is 5. The molecule has 5 aromatic heterocycles. The zero-order valence-electron chi connectivity index (χ0n) is 17.4. The van der Waals surface area contributed by atoms with Gasteiger partial charge in [-0.25, -0.2) is 9.67 Å². The topological polar surface area (TPSA) is 139 Å². The summed E-state index contributed by atoms with van der Waals surface area (Å²) in [4.78, 5) is 30.1. The average Bonchev–Trinajstić information content (AvgIpc) is 3.57. The first-order valence-corrected chi connectivity index (χ1v) is 10.9. The van der Waals surface area contributed by atoms with Gasteiger partial charge in [0.15, 0.2) is 10.8 Å². The van der Waals surface area contributed by atoms with Gasteiger partial charge in [-0.05, 0) is 17.7 Å². The van der Waals surface area contributed by atoms with Crippen LogP contribution in [0.3, 0.4) is 0 Å². The van der Waals surface area contributed by atoms with E-state index in [2.05, 4.69) is 35.8 Å². The third kappa shape index (κ3) is 3.19. The van der Waals surface area contributed by atoms with Crippen molar-refractivity contribution in [1.82, 2.24) is 39.7 Å². The highest BCUT2D eigenvalue weighted by Crippen LogP contribution is 2.33. The molecule has 0 radical (unpaired) electrons. The van der Waals surface area contributed by atoms with Crippen molar-refractivity contribution in [2.24, 2.45) is 7.05 Å². The molecule has 1 aromatic carbocycles. The molecular weight excluding hydrogens is 442 g/mol. The monoisotopic (exact) mass is 459 g/mol. The van der Waals surface area contributed by atoms with Gasteiger partial charge in [0.1, 0.15) is 5.52 Å². The maximum absolute atomic E-state index is 13.3. The Labute approximate surface area is 189 Å². The van der Waals surface area contributed by atoms with Crippen molar-refractivity contribution in [2.45, 2.75) is 13.0 Å². The number of carbonyl (C=O) groups excluding carboxylic acids is 1. The molecule has 0 fully saturated rings. The summed E-state index contributed by atoms with van der Waals surface area (Å²) in [5, 5.41) is 23.1. The van der Waals surface area contributed by atoms with Crippen molar-refractivity contribution in [2.75, 3.05) is 5.32 Å². The predicted molar refractivity (Wildman–Crippen MR) is 124 cm³/mol. The van der Waals surface area contributed by atoms with E-state index >= 15 is 0 Å². The van der Waals surface area contributed by atoms with Crippen LogP contribution in [0, 0.1) is 0 Å². The summed E-state index contributed by atoms with van der Waals surface area (Å²) in [7, 11) is 1.79. The van der Waals surface area contributed by atoms with Gasteiger partial charge in [0.2, 0.25) is 5.91 Å². The lowest BCUT2D eigenvalue weighted by molar-refractivity contribution is -0.115. The molecule has 3 N–H and O–H groups in total. The van der Waals surface area contributed by atoms with Crippen LogP contribution in [0.2, 0.25) is 0 Å². The van der Waals surface area contributed by atoms with E-state index in [1.165, 1.54) is 16.0 Å². The largest absolute Gasteiger partial charge is 0.323 e. The zero-order chi connectivity index (χ0) is 22.5. The number of aryl methyl sites for hydroxylation is 1. The second-order valence-corrected chi connectivity index (χ2v) is 8.64. The van der Waals surface area contributed by atoms with Gasteiger partial charge in [0.25, 0.3) is 5.56 Å². The molecule has 164 valence electrons. The third-order valence-electron chi connectivity index (χ3n) is 5.57. The molecule has 0 atom stereocenters. The number of anilines is 1. The number of hydrogen-bond donors (Lipinski definition) is 3. The number of H-pyrrole nitrogens is 2. The first-order valence-electron chi connectivity index (χ1n) is 10.1. The van der Waals surface area contributed by atoms with Crippen LogP contribution in [0.4, 0.5) is 5.13 Å². The summed E-state index contributed by atoms with van der Waals surface area (Å²) in [6, 6.07) is 7.56. The molecule has 1 amide bonds. The standard InChI is InChI=1S/C21H17N9O2S/c1-29-17-14(18-19(29)26-21(33-18)25-16(31)7-12-5-6-22-27-12)9-24-30(20(17)32)10-11-3-2-4-15-13(11)8-23-28-15/h2-6,8-9H,7,10H2,1H3,(H,22,27)(H,23,28)(H,25,26,31). The number of hydrogen-bond acceptors (Lipinski definition) is 7. The number of aromatic amines is 2. The molecule has 0 aliphatic carbocycles. The molecule has 12 heteroatoms. The van der Waals surface area contributed by atoms with Crippen LogP contribution in [-0.4, -0.2) is 45.6 Å². The van der Waals surface area contributed by atoms with Gasteiger partial charge in [0.05, 0.1) is 41.3 Å². The first-order chi connectivity index (χ1) is 16.1. The van der Waals surface area contributed by atoms with Crippen molar-refractivity contribution in [3.8, 4) is 0 Å². The van der Waals surface area contributed by atoms with Gasteiger partial charge in [-0.2, -0.15) is 15.3 Å². The van der Waals surface area contributed by atoms with Crippen LogP contribution in [0.1, 0.15) is 11.3 Å². The highest BCUT2D eigenvalue weighted by atomic mass is 32.1. The second kappa shape index (κ2) is 7.38. The summed E-state index contributed by atoms with van der Waals surface area (Å²) >= 11 is 1.32. The number of benzene rings is 1. The average molecular weight is 459 g/mol. The Morgan fingerprint density at radius 3 is 2.97 bits per heavy atom. The summed E-state index contributed by atoms with van der Waals surface area (Å²) in [5.74, 6) is -0.209. The molecule has 6 rings (SSSR count). The third-order valence-corrected chi connectivity index (χ3v) is 6.56. The molecule has 0 bridgehead atoms. The number of amides is 1. The lowest BCUT2D eigenvalue weighted by Gasteiger charge is -2.07. The van der Waals surface area contributed by atoms with E-state index in [0.717, 1.165) is 21.2 Å². The minimum absolute atomic E-state index is 0.149. The van der Waals surface area contributed by atoms with E-state index < -0.39 is 0 Å². The second-order valence-electron chi connectivity index (χ2n) is 7.64. The van der Waals surface area contributed by atoms with E-state index in [4.69, 9.17) is 0 Å². The zero-order valence-corrected chi connectivity index (χ0v) is 18.2. The number of aromatic nitrogens is 8. The quantitative estimate of drug-likeness (QED) is 0.361. The SMILES string of the molecule is Cn1c2nc(NC(=O)Cc3cc[nH]n3)sc2c2cnn(Cc3cccc4[nH]ncc34)c(=O)c21. The first kappa shape index (κ1) is 19.4. The number of nitrogens with zero attached hydrogens (tertiary/aromatic N) is 6. The van der Waals surface area contributed by atoms with Crippen LogP contribution in [0.15, 0.2) is 47.7 Å². The van der Waals surface area contributed by atoms with Crippen molar-refractivity contribution >= 4 is 54.5 Å². The number of fused-ring (bicyclic) bond motifs is 4. The van der Waals surface area contributed by atoms with Crippen LogP contribution >= 0.6 is 11.3 Å². The number of carbonyl (C=O) groups is 1. The number of thiazole rings is 1. The van der Waals surface area contributed by atoms with Gasteiger partial charge in [0, 0.05) is 24.0 Å². The molecule has 0 aliphatic heterocycles. The van der Waals surface area contributed by atoms with Gasteiger partial charge in [-0.3, -0.25) is 19.8 Å². The molecule has 0 saturated carbocycles. The van der Waals surface area contributed by atoms with Crippen LogP contribution in [-0.2, 0) is 24.8 Å². The Kier molecular flexibility index (Phi) is 4.33. The Balaban J connectivity index is 1.35. The molecule has 0 unspecified atom stereocenters. The smallest absolute Gasteiger partial charge is 0.291 e. The van der Waals surface area contributed by atoms with E-state index in [-0.39, 0.29) is 17.9 Å². The maximum Gasteiger partial charge on any atom is 0.291 e. The van der Waals surface area contributed by atoms with E-state index in [9.17, 15) is 9.59 Å². The minimum Gasteiger partial charge on any atom is -0.323 e. The van der Waals surface area contributed by atoms with Gasteiger partial charge < -0.3 is 9.88 Å². The molecule has 11 nitrogen and oxygen atoms in total. The lowest BCUT2D eigenvalue weighted by atomic mass is 10.1. The van der Waals surface area contributed by atoms with Crippen molar-refractivity contribution in [3.63, 3.8) is 0 Å². The van der Waals surface area contributed by atoms with E-state index in [1.807, 2.05) is 18.2 Å². The minimum atomic E-state index is -0.209. The van der Waals surface area contributed by atoms with Crippen molar-refractivity contribution in [3.05, 3.63) is 64.5 Å². The Hall–Kier alpha value is -4.32. The molecular formula is C21H17N9O2S.